The van der Waals surface area contributed by atoms with Gasteiger partial charge in [0.2, 0.25) is 5.91 Å². The van der Waals surface area contributed by atoms with Crippen molar-refractivity contribution in [1.82, 2.24) is 9.80 Å². The molecule has 0 bridgehead atoms. The van der Waals surface area contributed by atoms with Gasteiger partial charge in [0.05, 0.1) is 19.1 Å². The zero-order valence-corrected chi connectivity index (χ0v) is 21.7. The minimum Gasteiger partial charge on any atom is -0.488 e. The van der Waals surface area contributed by atoms with Crippen LogP contribution < -0.4 is 15.4 Å². The predicted molar refractivity (Wildman–Crippen MR) is 141 cm³/mol. The van der Waals surface area contributed by atoms with Crippen molar-refractivity contribution in [2.45, 2.75) is 45.3 Å². The third-order valence-electron chi connectivity index (χ3n) is 7.03. The Morgan fingerprint density at radius 2 is 1.84 bits per heavy atom. The van der Waals surface area contributed by atoms with Gasteiger partial charge in [-0.25, -0.2) is 9.18 Å². The van der Waals surface area contributed by atoms with E-state index in [-0.39, 0.29) is 42.8 Å². The van der Waals surface area contributed by atoms with Gasteiger partial charge in [-0.15, -0.1) is 0 Å². The number of benzene rings is 2. The second-order valence-corrected chi connectivity index (χ2v) is 10.5. The number of likely N-dealkylation sites (N-methyl/N-ethyl adjacent to an activating group) is 1. The molecule has 2 aromatic carbocycles. The number of aliphatic hydroxyl groups is 1. The molecular weight excluding hydrogens is 475 g/mol. The molecule has 4 rings (SSSR count). The number of fused-ring (bicyclic) bond motifs is 1. The molecule has 1 fully saturated rings. The molecule has 3 atom stereocenters. The van der Waals surface area contributed by atoms with Gasteiger partial charge in [-0.3, -0.25) is 4.79 Å². The Labute approximate surface area is 217 Å². The van der Waals surface area contributed by atoms with Gasteiger partial charge in [-0.1, -0.05) is 6.92 Å². The zero-order chi connectivity index (χ0) is 26.5. The highest BCUT2D eigenvalue weighted by atomic mass is 19.1. The van der Waals surface area contributed by atoms with E-state index >= 15 is 0 Å². The van der Waals surface area contributed by atoms with Crippen LogP contribution in [-0.2, 0) is 11.2 Å². The third kappa shape index (κ3) is 7.42. The van der Waals surface area contributed by atoms with Crippen LogP contribution in [0.25, 0.3) is 0 Å². The number of hydrogen-bond acceptors (Lipinski definition) is 5. The van der Waals surface area contributed by atoms with E-state index in [1.54, 1.807) is 23.1 Å². The Bertz CT molecular complexity index is 1090. The maximum atomic E-state index is 13.3. The van der Waals surface area contributed by atoms with Crippen molar-refractivity contribution in [3.05, 3.63) is 53.8 Å². The molecular formula is C28H37FN4O4. The molecule has 1 aliphatic carbocycles. The van der Waals surface area contributed by atoms with Crippen LogP contribution in [0.2, 0.25) is 0 Å². The molecule has 9 heteroatoms. The van der Waals surface area contributed by atoms with Gasteiger partial charge >= 0.3 is 6.03 Å². The van der Waals surface area contributed by atoms with Gasteiger partial charge < -0.3 is 30.3 Å². The van der Waals surface area contributed by atoms with Crippen LogP contribution in [0.5, 0.6) is 5.75 Å². The fourth-order valence-corrected chi connectivity index (χ4v) is 4.67. The Morgan fingerprint density at radius 3 is 2.51 bits per heavy atom. The summed E-state index contributed by atoms with van der Waals surface area (Å²) in [6.45, 7) is 6.05. The summed E-state index contributed by atoms with van der Waals surface area (Å²) in [5.74, 6) is 0.936. The van der Waals surface area contributed by atoms with E-state index in [1.807, 2.05) is 6.92 Å². The number of urea groups is 1. The molecule has 3 N–H and O–H groups in total. The number of aliphatic hydroxyl groups excluding tert-OH is 1. The molecule has 3 amide bonds. The summed E-state index contributed by atoms with van der Waals surface area (Å²) < 4.78 is 19.7. The summed E-state index contributed by atoms with van der Waals surface area (Å²) in [6.07, 6.45) is 2.48. The van der Waals surface area contributed by atoms with Gasteiger partial charge in [0, 0.05) is 42.5 Å². The number of halogens is 1. The first-order valence-electron chi connectivity index (χ1n) is 12.9. The van der Waals surface area contributed by atoms with Crippen molar-refractivity contribution in [3.63, 3.8) is 0 Å². The van der Waals surface area contributed by atoms with Gasteiger partial charge in [0.1, 0.15) is 17.7 Å². The van der Waals surface area contributed by atoms with E-state index in [1.165, 1.54) is 37.1 Å². The molecule has 200 valence electrons. The first-order valence-corrected chi connectivity index (χ1v) is 12.9. The minimum absolute atomic E-state index is 0.0461. The van der Waals surface area contributed by atoms with Gasteiger partial charge in [0.25, 0.3) is 0 Å². The molecule has 8 nitrogen and oxygen atoms in total. The lowest BCUT2D eigenvalue weighted by atomic mass is 10.0. The number of anilines is 2. The maximum Gasteiger partial charge on any atom is 0.323 e. The summed E-state index contributed by atoms with van der Waals surface area (Å²) in [7, 11) is 2.11. The predicted octanol–water partition coefficient (Wildman–Crippen LogP) is 3.96. The molecule has 1 saturated carbocycles. The van der Waals surface area contributed by atoms with Crippen LogP contribution in [0, 0.1) is 17.7 Å². The first kappa shape index (κ1) is 26.9. The second-order valence-electron chi connectivity index (χ2n) is 10.5. The average molecular weight is 513 g/mol. The number of rotatable bonds is 8. The third-order valence-corrected chi connectivity index (χ3v) is 7.03. The highest BCUT2D eigenvalue weighted by Gasteiger charge is 2.32. The molecule has 0 aromatic heterocycles. The number of nitrogens with zero attached hydrogens (tertiary/aromatic N) is 2. The fourth-order valence-electron chi connectivity index (χ4n) is 4.67. The highest BCUT2D eigenvalue weighted by Crippen LogP contribution is 2.31. The smallest absolute Gasteiger partial charge is 0.323 e. The standard InChI is InChI=1S/C28H37FN4O4/c1-18-14-33(19(2)17-34)27(35)13-21-12-24(31-28(36)30-23-8-6-22(29)7-9-23)10-11-25(21)37-26(18)16-32(3)15-20-4-5-20/h6-12,18-20,26,34H,4-5,13-17H2,1-3H3,(H2,30,31,36)/t18-,19-,26+/m1/s1. The number of ether oxygens (including phenoxy) is 1. The Balaban J connectivity index is 1.54. The van der Waals surface area contributed by atoms with E-state index in [0.29, 0.717) is 29.2 Å². The Hall–Kier alpha value is -3.17. The van der Waals surface area contributed by atoms with Crippen LogP contribution in [0.4, 0.5) is 20.6 Å². The van der Waals surface area contributed by atoms with E-state index < -0.39 is 6.03 Å². The summed E-state index contributed by atoms with van der Waals surface area (Å²) in [5, 5.41) is 15.2. The monoisotopic (exact) mass is 512 g/mol. The quantitative estimate of drug-likeness (QED) is 0.498. The largest absolute Gasteiger partial charge is 0.488 e. The number of carbonyl (C=O) groups is 2. The van der Waals surface area contributed by atoms with Crippen LogP contribution in [-0.4, -0.2) is 72.3 Å². The highest BCUT2D eigenvalue weighted by molar-refractivity contribution is 5.99. The number of nitrogens with one attached hydrogen (secondary N) is 2. The van der Waals surface area contributed by atoms with Crippen LogP contribution in [0.15, 0.2) is 42.5 Å². The molecule has 2 aliphatic rings. The van der Waals surface area contributed by atoms with Gasteiger partial charge in [-0.05, 0) is 75.2 Å². The summed E-state index contributed by atoms with van der Waals surface area (Å²) in [5.41, 5.74) is 1.64. The Kier molecular flexibility index (Phi) is 8.66. The SMILES string of the molecule is C[C@@H]1CN([C@H](C)CO)C(=O)Cc2cc(NC(=O)Nc3ccc(F)cc3)ccc2O[C@H]1CN(C)CC1CC1. The van der Waals surface area contributed by atoms with Crippen LogP contribution >= 0.6 is 0 Å². The minimum atomic E-state index is -0.481. The lowest BCUT2D eigenvalue weighted by molar-refractivity contribution is -0.134. The number of amides is 3. The number of hydrogen-bond donors (Lipinski definition) is 3. The molecule has 0 unspecified atom stereocenters. The Morgan fingerprint density at radius 1 is 1.16 bits per heavy atom. The molecule has 1 aliphatic heterocycles. The fraction of sp³-hybridized carbons (Fsp3) is 0.500. The second kappa shape index (κ2) is 11.9. The van der Waals surface area contributed by atoms with Gasteiger partial charge in [-0.2, -0.15) is 0 Å². The van der Waals surface area contributed by atoms with E-state index in [9.17, 15) is 19.1 Å². The summed E-state index contributed by atoms with van der Waals surface area (Å²) in [4.78, 5) is 29.9. The topological polar surface area (TPSA) is 94.1 Å². The van der Waals surface area contributed by atoms with Crippen molar-refractivity contribution < 1.29 is 23.8 Å². The van der Waals surface area contributed by atoms with Crippen molar-refractivity contribution in [3.8, 4) is 5.75 Å². The van der Waals surface area contributed by atoms with Crippen molar-refractivity contribution >= 4 is 23.3 Å². The summed E-state index contributed by atoms with van der Waals surface area (Å²) >= 11 is 0. The molecule has 2 aromatic rings. The zero-order valence-electron chi connectivity index (χ0n) is 21.7. The molecule has 37 heavy (non-hydrogen) atoms. The van der Waals surface area contributed by atoms with Crippen molar-refractivity contribution in [2.24, 2.45) is 11.8 Å². The van der Waals surface area contributed by atoms with Crippen molar-refractivity contribution in [2.75, 3.05) is 43.9 Å². The number of carbonyl (C=O) groups excluding carboxylic acids is 2. The lowest BCUT2D eigenvalue weighted by Gasteiger charge is -2.34. The lowest BCUT2D eigenvalue weighted by Crippen LogP contribution is -2.47. The molecule has 0 radical (unpaired) electrons. The van der Waals surface area contributed by atoms with E-state index in [0.717, 1.165) is 19.0 Å². The van der Waals surface area contributed by atoms with E-state index in [2.05, 4.69) is 29.5 Å². The van der Waals surface area contributed by atoms with Gasteiger partial charge in [0.15, 0.2) is 0 Å². The maximum absolute atomic E-state index is 13.3. The van der Waals surface area contributed by atoms with Crippen LogP contribution in [0.1, 0.15) is 32.3 Å². The molecule has 0 saturated heterocycles. The normalized spacial score (nSPS) is 20.8. The van der Waals surface area contributed by atoms with Crippen molar-refractivity contribution in [1.29, 1.82) is 0 Å². The summed E-state index contributed by atoms with van der Waals surface area (Å²) in [6, 6.07) is 9.98. The van der Waals surface area contributed by atoms with Crippen LogP contribution in [0.3, 0.4) is 0 Å². The average Bonchev–Trinajstić information content (AvgIpc) is 3.67. The van der Waals surface area contributed by atoms with E-state index in [4.69, 9.17) is 4.74 Å². The molecule has 1 heterocycles. The molecule has 0 spiro atoms. The first-order chi connectivity index (χ1) is 17.7.